The van der Waals surface area contributed by atoms with Crippen LogP contribution in [0.15, 0.2) is 30.3 Å². The van der Waals surface area contributed by atoms with Crippen LogP contribution in [0.2, 0.25) is 0 Å². The Bertz CT molecular complexity index is 538. The molecule has 1 heterocycles. The third-order valence-corrected chi connectivity index (χ3v) is 2.33. The first-order chi connectivity index (χ1) is 9.08. The summed E-state index contributed by atoms with van der Waals surface area (Å²) in [5, 5.41) is 0.121. The number of carbonyl (C=O) groups excluding carboxylic acids is 4. The number of ether oxygens (including phenoxy) is 1. The predicted molar refractivity (Wildman–Crippen MR) is 59.2 cm³/mol. The first kappa shape index (κ1) is 12.7. The van der Waals surface area contributed by atoms with Crippen LogP contribution in [0.4, 0.5) is 4.79 Å². The number of benzene rings is 1. The number of hydrogen-bond donors (Lipinski definition) is 0. The summed E-state index contributed by atoms with van der Waals surface area (Å²) < 4.78 is 4.70. The lowest BCUT2D eigenvalue weighted by Crippen LogP contribution is -2.33. The molecular formula is C12H9NO6. The molecule has 2 amide bonds. The molecule has 1 aliphatic rings. The predicted octanol–water partition coefficient (Wildman–Crippen LogP) is 0.583. The van der Waals surface area contributed by atoms with Gasteiger partial charge in [-0.2, -0.15) is 0 Å². The summed E-state index contributed by atoms with van der Waals surface area (Å²) in [7, 11) is 0. The van der Waals surface area contributed by atoms with Gasteiger partial charge in [0.25, 0.3) is 5.91 Å². The van der Waals surface area contributed by atoms with Crippen molar-refractivity contribution in [2.45, 2.75) is 13.0 Å². The van der Waals surface area contributed by atoms with Crippen molar-refractivity contribution in [3.05, 3.63) is 35.9 Å². The third-order valence-electron chi connectivity index (χ3n) is 2.33. The van der Waals surface area contributed by atoms with Crippen LogP contribution in [-0.2, 0) is 30.6 Å². The molecule has 7 nitrogen and oxygen atoms in total. The molecule has 0 atom stereocenters. The molecule has 1 aromatic carbocycles. The molecule has 0 spiro atoms. The molecule has 1 aromatic rings. The van der Waals surface area contributed by atoms with Crippen LogP contribution >= 0.6 is 0 Å². The first-order valence-corrected chi connectivity index (χ1v) is 5.36. The van der Waals surface area contributed by atoms with Crippen molar-refractivity contribution in [2.75, 3.05) is 0 Å². The zero-order valence-electron chi connectivity index (χ0n) is 9.70. The van der Waals surface area contributed by atoms with E-state index >= 15 is 0 Å². The van der Waals surface area contributed by atoms with E-state index in [1.807, 2.05) is 0 Å². The van der Waals surface area contributed by atoms with Crippen molar-refractivity contribution in [2.24, 2.45) is 0 Å². The number of rotatable bonds is 3. The van der Waals surface area contributed by atoms with Gasteiger partial charge in [0, 0.05) is 0 Å². The highest BCUT2D eigenvalue weighted by atomic mass is 16.8. The van der Waals surface area contributed by atoms with Crippen LogP contribution in [0.3, 0.4) is 0 Å². The molecule has 7 heteroatoms. The SMILES string of the molecule is O=C(OCc1ccccc1)ON1C(=O)CC(=O)C1=O. The van der Waals surface area contributed by atoms with Crippen molar-refractivity contribution in [3.8, 4) is 0 Å². The van der Waals surface area contributed by atoms with Crippen LogP contribution < -0.4 is 0 Å². The number of Topliss-reactive ketones (excluding diaryl/α,β-unsaturated/α-hetero) is 1. The molecule has 1 saturated heterocycles. The average molecular weight is 263 g/mol. The van der Waals surface area contributed by atoms with E-state index in [9.17, 15) is 19.2 Å². The maximum absolute atomic E-state index is 11.3. The van der Waals surface area contributed by atoms with E-state index < -0.39 is 30.2 Å². The van der Waals surface area contributed by atoms with E-state index in [2.05, 4.69) is 4.84 Å². The lowest BCUT2D eigenvalue weighted by molar-refractivity contribution is -0.178. The summed E-state index contributed by atoms with van der Waals surface area (Å²) in [6.07, 6.45) is -1.81. The van der Waals surface area contributed by atoms with Crippen molar-refractivity contribution in [1.82, 2.24) is 5.06 Å². The molecule has 0 unspecified atom stereocenters. The highest BCUT2D eigenvalue weighted by Gasteiger charge is 2.40. The molecule has 1 aliphatic heterocycles. The van der Waals surface area contributed by atoms with Crippen molar-refractivity contribution in [1.29, 1.82) is 0 Å². The van der Waals surface area contributed by atoms with Gasteiger partial charge in [-0.3, -0.25) is 19.2 Å². The van der Waals surface area contributed by atoms with Gasteiger partial charge in [0.2, 0.25) is 5.78 Å². The fourth-order valence-corrected chi connectivity index (χ4v) is 1.42. The number of imide groups is 1. The second-order valence-corrected chi connectivity index (χ2v) is 3.71. The quantitative estimate of drug-likeness (QED) is 0.343. The van der Waals surface area contributed by atoms with E-state index in [-0.39, 0.29) is 11.7 Å². The van der Waals surface area contributed by atoms with Gasteiger partial charge >= 0.3 is 12.1 Å². The second kappa shape index (κ2) is 5.30. The molecule has 0 aromatic heterocycles. The summed E-state index contributed by atoms with van der Waals surface area (Å²) in [5.41, 5.74) is 0.717. The highest BCUT2D eigenvalue weighted by Crippen LogP contribution is 2.10. The topological polar surface area (TPSA) is 90.0 Å². The van der Waals surface area contributed by atoms with Crippen LogP contribution in [0.25, 0.3) is 0 Å². The van der Waals surface area contributed by atoms with Gasteiger partial charge in [-0.15, -0.1) is 0 Å². The Hall–Kier alpha value is -2.70. The molecular weight excluding hydrogens is 254 g/mol. The Labute approximate surface area is 107 Å². The lowest BCUT2D eigenvalue weighted by Gasteiger charge is -2.11. The smallest absolute Gasteiger partial charge is 0.428 e. The molecule has 0 N–H and O–H groups in total. The van der Waals surface area contributed by atoms with Crippen molar-refractivity contribution in [3.63, 3.8) is 0 Å². The Kier molecular flexibility index (Phi) is 3.56. The fourth-order valence-electron chi connectivity index (χ4n) is 1.42. The minimum Gasteiger partial charge on any atom is -0.428 e. The van der Waals surface area contributed by atoms with Crippen LogP contribution in [0.5, 0.6) is 0 Å². The van der Waals surface area contributed by atoms with Gasteiger partial charge in [0.05, 0.1) is 6.42 Å². The zero-order chi connectivity index (χ0) is 13.8. The summed E-state index contributed by atoms with van der Waals surface area (Å²) in [6, 6.07) is 8.77. The normalized spacial score (nSPS) is 14.7. The standard InChI is InChI=1S/C12H9NO6/c14-9-6-10(15)13(11(9)16)19-12(17)18-7-8-4-2-1-3-5-8/h1-5H,6-7H2. The van der Waals surface area contributed by atoms with Gasteiger partial charge in [-0.05, 0) is 5.56 Å². The number of nitrogens with zero attached hydrogens (tertiary/aromatic N) is 1. The average Bonchev–Trinajstić information content (AvgIpc) is 2.64. The first-order valence-electron chi connectivity index (χ1n) is 5.36. The van der Waals surface area contributed by atoms with Crippen LogP contribution in [-0.4, -0.2) is 28.8 Å². The number of ketones is 1. The molecule has 2 rings (SSSR count). The monoisotopic (exact) mass is 263 g/mol. The summed E-state index contributed by atoms with van der Waals surface area (Å²) in [6.45, 7) is -0.0656. The molecule has 0 saturated carbocycles. The maximum atomic E-state index is 11.3. The Morgan fingerprint density at radius 3 is 2.42 bits per heavy atom. The summed E-state index contributed by atoms with van der Waals surface area (Å²) >= 11 is 0. The van der Waals surface area contributed by atoms with Gasteiger partial charge in [-0.1, -0.05) is 35.4 Å². The van der Waals surface area contributed by atoms with Crippen molar-refractivity contribution < 1.29 is 28.8 Å². The molecule has 98 valence electrons. The van der Waals surface area contributed by atoms with Crippen LogP contribution in [0, 0.1) is 0 Å². The summed E-state index contributed by atoms with van der Waals surface area (Å²) in [4.78, 5) is 48.9. The van der Waals surface area contributed by atoms with E-state index in [1.54, 1.807) is 30.3 Å². The van der Waals surface area contributed by atoms with Gasteiger partial charge in [-0.25, -0.2) is 4.79 Å². The number of hydrogen-bond acceptors (Lipinski definition) is 6. The maximum Gasteiger partial charge on any atom is 0.534 e. The molecule has 1 fully saturated rings. The van der Waals surface area contributed by atoms with Crippen molar-refractivity contribution >= 4 is 23.8 Å². The fraction of sp³-hybridized carbons (Fsp3) is 0.167. The number of hydroxylamine groups is 2. The minimum atomic E-state index is -1.22. The number of carbonyl (C=O) groups is 4. The Morgan fingerprint density at radius 1 is 1.16 bits per heavy atom. The summed E-state index contributed by atoms with van der Waals surface area (Å²) in [5.74, 6) is -2.96. The molecule has 19 heavy (non-hydrogen) atoms. The largest absolute Gasteiger partial charge is 0.534 e. The molecule has 0 radical (unpaired) electrons. The van der Waals surface area contributed by atoms with Gasteiger partial charge in [0.15, 0.2) is 0 Å². The third kappa shape index (κ3) is 2.95. The highest BCUT2D eigenvalue weighted by molar-refractivity contribution is 6.46. The minimum absolute atomic E-state index is 0.0656. The Balaban J connectivity index is 1.87. The Morgan fingerprint density at radius 2 is 1.84 bits per heavy atom. The molecule has 0 bridgehead atoms. The van der Waals surface area contributed by atoms with E-state index in [1.165, 1.54) is 0 Å². The second-order valence-electron chi connectivity index (χ2n) is 3.71. The molecule has 0 aliphatic carbocycles. The van der Waals surface area contributed by atoms with Crippen LogP contribution in [0.1, 0.15) is 12.0 Å². The van der Waals surface area contributed by atoms with E-state index in [4.69, 9.17) is 4.74 Å². The zero-order valence-corrected chi connectivity index (χ0v) is 9.70. The van der Waals surface area contributed by atoms with E-state index in [0.717, 1.165) is 5.56 Å². The van der Waals surface area contributed by atoms with Gasteiger partial charge in [0.1, 0.15) is 6.61 Å². The van der Waals surface area contributed by atoms with Gasteiger partial charge < -0.3 is 4.74 Å². The number of amides is 2. The lowest BCUT2D eigenvalue weighted by atomic mass is 10.2. The van der Waals surface area contributed by atoms with E-state index in [0.29, 0.717) is 0 Å².